The van der Waals surface area contributed by atoms with E-state index in [4.69, 9.17) is 17.3 Å². The molecule has 0 atom stereocenters. The topological polar surface area (TPSA) is 110 Å². The van der Waals surface area contributed by atoms with E-state index in [1.165, 1.54) is 21.9 Å². The van der Waals surface area contributed by atoms with Crippen molar-refractivity contribution in [3.63, 3.8) is 0 Å². The molecular weight excluding hydrogens is 546 g/mol. The lowest BCUT2D eigenvalue weighted by atomic mass is 10.0. The number of rotatable bonds is 10. The quantitative estimate of drug-likeness (QED) is 0.256. The maximum Gasteiger partial charge on any atom is 0.303 e. The first-order chi connectivity index (χ1) is 19.2. The third kappa shape index (κ3) is 6.63. The lowest BCUT2D eigenvalue weighted by Gasteiger charge is -2.37. The molecule has 2 fully saturated rings. The number of hydrogen-bond acceptors (Lipinski definition) is 8. The highest BCUT2D eigenvalue weighted by molar-refractivity contribution is 8.26. The number of piperazine rings is 1. The van der Waals surface area contributed by atoms with Gasteiger partial charge in [-0.15, -0.1) is 0 Å². The van der Waals surface area contributed by atoms with Crippen LogP contribution >= 0.6 is 24.0 Å². The second-order valence-corrected chi connectivity index (χ2v) is 11.7. The van der Waals surface area contributed by atoms with E-state index < -0.39 is 5.97 Å². The molecule has 2 aliphatic heterocycles. The number of aliphatic carboxylic acids is 1. The van der Waals surface area contributed by atoms with Crippen molar-refractivity contribution in [3.8, 4) is 6.07 Å². The molecule has 3 heterocycles. The predicted molar refractivity (Wildman–Crippen MR) is 161 cm³/mol. The van der Waals surface area contributed by atoms with Gasteiger partial charge in [0.15, 0.2) is 0 Å². The second-order valence-electron chi connectivity index (χ2n) is 10.00. The van der Waals surface area contributed by atoms with Gasteiger partial charge in [0, 0.05) is 58.3 Å². The maximum absolute atomic E-state index is 13.3. The Kier molecular flexibility index (Phi) is 9.79. The zero-order valence-corrected chi connectivity index (χ0v) is 24.4. The van der Waals surface area contributed by atoms with Crippen LogP contribution < -0.4 is 10.5 Å². The molecule has 0 radical (unpaired) electrons. The third-order valence-electron chi connectivity index (χ3n) is 7.31. The summed E-state index contributed by atoms with van der Waals surface area (Å²) in [6, 6.07) is 12.4. The fourth-order valence-electron chi connectivity index (χ4n) is 5.10. The zero-order valence-electron chi connectivity index (χ0n) is 22.8. The summed E-state index contributed by atoms with van der Waals surface area (Å²) < 4.78 is 1.97. The minimum atomic E-state index is -0.827. The van der Waals surface area contributed by atoms with Crippen LogP contribution in [0.15, 0.2) is 40.0 Å². The standard InChI is InChI=1S/C29H33N5O4S2/c1-20-22(17-24-28(38)34(29(39)40-24)12-8-4-7-11-25(35)36)26(31(2)27(37)23(20)18-30)33-15-13-32(14-16-33)19-21-9-5-3-6-10-21/h3,5-6,9-10,17H,4,7-8,11-16,19H2,1-2H3,(H,35,36)/b24-17-. The minimum Gasteiger partial charge on any atom is -0.481 e. The van der Waals surface area contributed by atoms with E-state index in [0.717, 1.165) is 19.6 Å². The average Bonchev–Trinajstić information content (AvgIpc) is 3.20. The van der Waals surface area contributed by atoms with Gasteiger partial charge in [-0.2, -0.15) is 5.26 Å². The fourth-order valence-corrected chi connectivity index (χ4v) is 6.39. The number of carbonyl (C=O) groups is 2. The van der Waals surface area contributed by atoms with Crippen molar-refractivity contribution in [1.82, 2.24) is 14.4 Å². The van der Waals surface area contributed by atoms with Crippen LogP contribution in [0.5, 0.6) is 0 Å². The van der Waals surface area contributed by atoms with Crippen molar-refractivity contribution < 1.29 is 14.7 Å². The monoisotopic (exact) mass is 579 g/mol. The van der Waals surface area contributed by atoms with Gasteiger partial charge in [0.05, 0.1) is 4.91 Å². The molecule has 0 spiro atoms. The SMILES string of the molecule is Cc1c(/C=C2\SC(=S)N(CCCCCC(=O)O)C2=O)c(N2CCN(Cc3ccccc3)CC2)n(C)c(=O)c1C#N. The van der Waals surface area contributed by atoms with Crippen LogP contribution in [0.1, 0.15) is 47.9 Å². The van der Waals surface area contributed by atoms with Gasteiger partial charge in [-0.25, -0.2) is 0 Å². The molecule has 1 aromatic carbocycles. The molecule has 0 unspecified atom stereocenters. The van der Waals surface area contributed by atoms with E-state index in [2.05, 4.69) is 28.0 Å². The largest absolute Gasteiger partial charge is 0.481 e. The summed E-state index contributed by atoms with van der Waals surface area (Å²) in [7, 11) is 1.67. The molecule has 210 valence electrons. The van der Waals surface area contributed by atoms with Crippen molar-refractivity contribution in [2.75, 3.05) is 37.6 Å². The number of carbonyl (C=O) groups excluding carboxylic acids is 1. The van der Waals surface area contributed by atoms with Crippen molar-refractivity contribution in [2.45, 2.75) is 39.2 Å². The molecule has 0 aliphatic carbocycles. The van der Waals surface area contributed by atoms with Gasteiger partial charge in [0.2, 0.25) is 0 Å². The van der Waals surface area contributed by atoms with Gasteiger partial charge in [-0.3, -0.25) is 28.8 Å². The third-order valence-corrected chi connectivity index (χ3v) is 8.69. The number of unbranched alkanes of at least 4 members (excludes halogenated alkanes) is 2. The number of carboxylic acid groups (broad SMARTS) is 1. The zero-order chi connectivity index (χ0) is 28.8. The van der Waals surface area contributed by atoms with Crippen LogP contribution in [-0.4, -0.2) is 68.4 Å². The van der Waals surface area contributed by atoms with Crippen LogP contribution in [0, 0.1) is 18.3 Å². The Morgan fingerprint density at radius 1 is 1.12 bits per heavy atom. The number of aromatic nitrogens is 1. The number of anilines is 1. The lowest BCUT2D eigenvalue weighted by molar-refractivity contribution is -0.137. The highest BCUT2D eigenvalue weighted by atomic mass is 32.2. The average molecular weight is 580 g/mol. The summed E-state index contributed by atoms with van der Waals surface area (Å²) in [4.78, 5) is 43.7. The summed E-state index contributed by atoms with van der Waals surface area (Å²) in [6.45, 7) is 6.05. The van der Waals surface area contributed by atoms with E-state index in [-0.39, 0.29) is 23.5 Å². The van der Waals surface area contributed by atoms with Crippen LogP contribution in [0.4, 0.5) is 5.82 Å². The van der Waals surface area contributed by atoms with Gasteiger partial charge in [0.1, 0.15) is 21.8 Å². The van der Waals surface area contributed by atoms with Crippen molar-refractivity contribution in [3.05, 3.63) is 67.8 Å². The van der Waals surface area contributed by atoms with E-state index in [9.17, 15) is 19.6 Å². The van der Waals surface area contributed by atoms with Crippen LogP contribution in [0.3, 0.4) is 0 Å². The molecule has 0 bridgehead atoms. The van der Waals surface area contributed by atoms with Gasteiger partial charge in [0.25, 0.3) is 11.5 Å². The van der Waals surface area contributed by atoms with E-state index in [1.54, 1.807) is 24.9 Å². The first-order valence-corrected chi connectivity index (χ1v) is 14.6. The lowest BCUT2D eigenvalue weighted by Crippen LogP contribution is -2.48. The van der Waals surface area contributed by atoms with Crippen molar-refractivity contribution in [2.24, 2.45) is 7.05 Å². The minimum absolute atomic E-state index is 0.0640. The molecule has 2 aromatic rings. The number of nitrogens with zero attached hydrogens (tertiary/aromatic N) is 5. The fraction of sp³-hybridized carbons (Fsp3) is 0.414. The van der Waals surface area contributed by atoms with Crippen LogP contribution in [0.25, 0.3) is 6.08 Å². The maximum atomic E-state index is 13.3. The Labute approximate surface area is 243 Å². The molecule has 9 nitrogen and oxygen atoms in total. The molecule has 1 N–H and O–H groups in total. The van der Waals surface area contributed by atoms with E-state index >= 15 is 0 Å². The van der Waals surface area contributed by atoms with E-state index in [1.807, 2.05) is 18.2 Å². The Bertz CT molecular complexity index is 1420. The number of thioether (sulfide) groups is 1. The van der Waals surface area contributed by atoms with Crippen molar-refractivity contribution >= 4 is 52.1 Å². The molecule has 11 heteroatoms. The highest BCUT2D eigenvalue weighted by Crippen LogP contribution is 2.36. The highest BCUT2D eigenvalue weighted by Gasteiger charge is 2.33. The predicted octanol–water partition coefficient (Wildman–Crippen LogP) is 3.73. The first kappa shape index (κ1) is 29.5. The molecule has 1 aromatic heterocycles. The molecule has 2 aliphatic rings. The number of carboxylic acids is 1. The molecule has 40 heavy (non-hydrogen) atoms. The first-order valence-electron chi connectivity index (χ1n) is 13.3. The number of hydrogen-bond donors (Lipinski definition) is 1. The number of thiocarbonyl (C=S) groups is 1. The van der Waals surface area contributed by atoms with Gasteiger partial charge < -0.3 is 10.0 Å². The van der Waals surface area contributed by atoms with Gasteiger partial charge in [-0.1, -0.05) is 60.7 Å². The Hall–Kier alpha value is -3.46. The number of pyridine rings is 1. The van der Waals surface area contributed by atoms with Gasteiger partial charge >= 0.3 is 5.97 Å². The Morgan fingerprint density at radius 2 is 1.82 bits per heavy atom. The smallest absolute Gasteiger partial charge is 0.303 e. The summed E-state index contributed by atoms with van der Waals surface area (Å²) in [6.07, 6.45) is 3.77. The summed E-state index contributed by atoms with van der Waals surface area (Å²) >= 11 is 6.70. The number of amides is 1. The second kappa shape index (κ2) is 13.3. The normalized spacial score (nSPS) is 17.1. The van der Waals surface area contributed by atoms with Crippen LogP contribution in [0.2, 0.25) is 0 Å². The Morgan fingerprint density at radius 3 is 2.48 bits per heavy atom. The summed E-state index contributed by atoms with van der Waals surface area (Å²) in [5.41, 5.74) is 2.19. The molecule has 0 saturated carbocycles. The van der Waals surface area contributed by atoms with Gasteiger partial charge in [-0.05, 0) is 37.0 Å². The number of benzene rings is 1. The number of nitriles is 1. The molecule has 2 saturated heterocycles. The summed E-state index contributed by atoms with van der Waals surface area (Å²) in [5.74, 6) is -0.343. The van der Waals surface area contributed by atoms with Crippen LogP contribution in [-0.2, 0) is 23.2 Å². The molecule has 4 rings (SSSR count). The van der Waals surface area contributed by atoms with Crippen molar-refractivity contribution in [1.29, 1.82) is 5.26 Å². The Balaban J connectivity index is 1.57. The summed E-state index contributed by atoms with van der Waals surface area (Å²) in [5, 5.41) is 18.6. The molecular formula is C29H33N5O4S2. The van der Waals surface area contributed by atoms with E-state index in [0.29, 0.717) is 65.1 Å². The molecule has 1 amide bonds.